The number of fused-ring (bicyclic) bond motifs is 1. The summed E-state index contributed by atoms with van der Waals surface area (Å²) >= 11 is 0. The molecule has 9 heavy (non-hydrogen) atoms. The van der Waals surface area contributed by atoms with Crippen molar-refractivity contribution in [1.82, 2.24) is 0 Å². The number of aliphatic hydroxyl groups excluding tert-OH is 1. The standard InChI is InChI=1S/C7H13NO/c8-5-1-4-2-7(9)6(4)3-5/h4-7,9H,1-3,8H2/t4-,5?,6-,7?/m0/s1. The van der Waals surface area contributed by atoms with Crippen LogP contribution in [-0.4, -0.2) is 17.3 Å². The van der Waals surface area contributed by atoms with E-state index < -0.39 is 0 Å². The fraction of sp³-hybridized carbons (Fsp3) is 1.00. The van der Waals surface area contributed by atoms with Crippen molar-refractivity contribution in [2.45, 2.75) is 31.4 Å². The molecule has 2 saturated carbocycles. The van der Waals surface area contributed by atoms with Gasteiger partial charge < -0.3 is 10.8 Å². The van der Waals surface area contributed by atoms with Crippen molar-refractivity contribution < 1.29 is 5.11 Å². The molecule has 52 valence electrons. The molecule has 2 unspecified atom stereocenters. The molecule has 0 aliphatic heterocycles. The van der Waals surface area contributed by atoms with Crippen LogP contribution in [0.25, 0.3) is 0 Å². The molecule has 2 aliphatic carbocycles. The highest BCUT2D eigenvalue weighted by Gasteiger charge is 2.45. The van der Waals surface area contributed by atoms with E-state index in [0.717, 1.165) is 25.2 Å². The third-order valence-corrected chi connectivity index (χ3v) is 2.82. The summed E-state index contributed by atoms with van der Waals surface area (Å²) in [4.78, 5) is 0. The van der Waals surface area contributed by atoms with E-state index >= 15 is 0 Å². The predicted molar refractivity (Wildman–Crippen MR) is 34.8 cm³/mol. The quantitative estimate of drug-likeness (QED) is 0.485. The van der Waals surface area contributed by atoms with Gasteiger partial charge in [-0.25, -0.2) is 0 Å². The van der Waals surface area contributed by atoms with Crippen molar-refractivity contribution in [1.29, 1.82) is 0 Å². The van der Waals surface area contributed by atoms with Crippen molar-refractivity contribution in [3.05, 3.63) is 0 Å². The average Bonchev–Trinajstić information content (AvgIpc) is 2.08. The summed E-state index contributed by atoms with van der Waals surface area (Å²) in [5, 5.41) is 9.18. The van der Waals surface area contributed by atoms with E-state index in [2.05, 4.69) is 0 Å². The second-order valence-corrected chi connectivity index (χ2v) is 3.46. The highest BCUT2D eigenvalue weighted by atomic mass is 16.3. The van der Waals surface area contributed by atoms with E-state index in [1.54, 1.807) is 0 Å². The molecule has 0 saturated heterocycles. The molecule has 2 heteroatoms. The van der Waals surface area contributed by atoms with Gasteiger partial charge in [-0.05, 0) is 31.1 Å². The lowest BCUT2D eigenvalue weighted by Gasteiger charge is -2.36. The lowest BCUT2D eigenvalue weighted by molar-refractivity contribution is -0.0145. The second-order valence-electron chi connectivity index (χ2n) is 3.46. The Morgan fingerprint density at radius 1 is 1.22 bits per heavy atom. The minimum atomic E-state index is -0.0106. The summed E-state index contributed by atoms with van der Waals surface area (Å²) in [7, 11) is 0. The van der Waals surface area contributed by atoms with Gasteiger partial charge in [-0.3, -0.25) is 0 Å². The van der Waals surface area contributed by atoms with Crippen LogP contribution in [0.1, 0.15) is 19.3 Å². The van der Waals surface area contributed by atoms with Crippen molar-refractivity contribution >= 4 is 0 Å². The Kier molecular flexibility index (Phi) is 1.08. The first kappa shape index (κ1) is 5.69. The Balaban J connectivity index is 2.00. The molecule has 0 radical (unpaired) electrons. The Labute approximate surface area is 55.1 Å². The first-order valence-electron chi connectivity index (χ1n) is 3.71. The minimum absolute atomic E-state index is 0.0106. The summed E-state index contributed by atoms with van der Waals surface area (Å²) < 4.78 is 0. The molecule has 4 atom stereocenters. The minimum Gasteiger partial charge on any atom is -0.393 e. The highest BCUT2D eigenvalue weighted by molar-refractivity contribution is 4.98. The average molecular weight is 127 g/mol. The van der Waals surface area contributed by atoms with Crippen molar-refractivity contribution in [3.63, 3.8) is 0 Å². The number of aliphatic hydroxyl groups is 1. The molecule has 0 aromatic carbocycles. The molecule has 2 rings (SSSR count). The largest absolute Gasteiger partial charge is 0.393 e. The molecule has 2 fully saturated rings. The molecule has 0 spiro atoms. The van der Waals surface area contributed by atoms with Crippen LogP contribution in [-0.2, 0) is 0 Å². The van der Waals surface area contributed by atoms with E-state index in [1.807, 2.05) is 0 Å². The van der Waals surface area contributed by atoms with Crippen LogP contribution in [0.5, 0.6) is 0 Å². The lowest BCUT2D eigenvalue weighted by Crippen LogP contribution is -2.37. The molecule has 2 aliphatic rings. The summed E-state index contributed by atoms with van der Waals surface area (Å²) in [5.74, 6) is 1.34. The zero-order chi connectivity index (χ0) is 6.43. The Bertz CT molecular complexity index is 126. The van der Waals surface area contributed by atoms with Crippen LogP contribution in [0.3, 0.4) is 0 Å². The van der Waals surface area contributed by atoms with Crippen LogP contribution >= 0.6 is 0 Å². The first-order chi connectivity index (χ1) is 4.27. The Hall–Kier alpha value is -0.0800. The third-order valence-electron chi connectivity index (χ3n) is 2.82. The summed E-state index contributed by atoms with van der Waals surface area (Å²) in [6.07, 6.45) is 3.22. The topological polar surface area (TPSA) is 46.2 Å². The van der Waals surface area contributed by atoms with Gasteiger partial charge in [0.25, 0.3) is 0 Å². The number of hydrogen-bond donors (Lipinski definition) is 2. The number of hydrogen-bond acceptors (Lipinski definition) is 2. The van der Waals surface area contributed by atoms with Gasteiger partial charge in [0.1, 0.15) is 0 Å². The van der Waals surface area contributed by atoms with E-state index in [4.69, 9.17) is 5.73 Å². The van der Waals surface area contributed by atoms with Crippen molar-refractivity contribution in [2.24, 2.45) is 17.6 Å². The lowest BCUT2D eigenvalue weighted by atomic mass is 9.74. The molecule has 2 nitrogen and oxygen atoms in total. The van der Waals surface area contributed by atoms with Gasteiger partial charge in [-0.1, -0.05) is 0 Å². The van der Waals surface area contributed by atoms with Crippen LogP contribution in [0, 0.1) is 11.8 Å². The van der Waals surface area contributed by atoms with Crippen molar-refractivity contribution in [3.8, 4) is 0 Å². The third kappa shape index (κ3) is 0.700. The Morgan fingerprint density at radius 3 is 2.44 bits per heavy atom. The number of rotatable bonds is 0. The van der Waals surface area contributed by atoms with Gasteiger partial charge in [0.2, 0.25) is 0 Å². The molecule has 0 heterocycles. The smallest absolute Gasteiger partial charge is 0.0574 e. The Morgan fingerprint density at radius 2 is 2.00 bits per heavy atom. The van der Waals surface area contributed by atoms with E-state index in [9.17, 15) is 5.11 Å². The highest BCUT2D eigenvalue weighted by Crippen LogP contribution is 2.46. The van der Waals surface area contributed by atoms with Gasteiger partial charge in [-0.2, -0.15) is 0 Å². The van der Waals surface area contributed by atoms with Gasteiger partial charge in [0, 0.05) is 6.04 Å². The molecule has 0 bridgehead atoms. The van der Waals surface area contributed by atoms with Crippen molar-refractivity contribution in [2.75, 3.05) is 0 Å². The van der Waals surface area contributed by atoms with E-state index in [1.165, 1.54) is 0 Å². The first-order valence-corrected chi connectivity index (χ1v) is 3.71. The SMILES string of the molecule is NC1C[C@H]2CC(O)[C@H]2C1. The molecular formula is C7H13NO. The normalized spacial score (nSPS) is 56.7. The van der Waals surface area contributed by atoms with Gasteiger partial charge in [0.15, 0.2) is 0 Å². The van der Waals surface area contributed by atoms with Gasteiger partial charge >= 0.3 is 0 Å². The van der Waals surface area contributed by atoms with Gasteiger partial charge in [-0.15, -0.1) is 0 Å². The van der Waals surface area contributed by atoms with Crippen LogP contribution < -0.4 is 5.73 Å². The molecule has 0 aromatic heterocycles. The predicted octanol–water partition coefficient (Wildman–Crippen LogP) is 0.104. The fourth-order valence-corrected chi connectivity index (χ4v) is 2.23. The summed E-state index contributed by atoms with van der Waals surface area (Å²) in [6.45, 7) is 0. The van der Waals surface area contributed by atoms with E-state index in [-0.39, 0.29) is 6.10 Å². The van der Waals surface area contributed by atoms with Crippen LogP contribution in [0.4, 0.5) is 0 Å². The number of nitrogens with two attached hydrogens (primary N) is 1. The monoisotopic (exact) mass is 127 g/mol. The maximum atomic E-state index is 9.18. The molecular weight excluding hydrogens is 114 g/mol. The zero-order valence-corrected chi connectivity index (χ0v) is 5.46. The van der Waals surface area contributed by atoms with Crippen LogP contribution in [0.2, 0.25) is 0 Å². The maximum absolute atomic E-state index is 9.18. The van der Waals surface area contributed by atoms with Crippen LogP contribution in [0.15, 0.2) is 0 Å². The fourth-order valence-electron chi connectivity index (χ4n) is 2.23. The maximum Gasteiger partial charge on any atom is 0.0574 e. The van der Waals surface area contributed by atoms with E-state index in [0.29, 0.717) is 12.0 Å². The molecule has 0 aromatic rings. The zero-order valence-electron chi connectivity index (χ0n) is 5.46. The second kappa shape index (κ2) is 1.70. The molecule has 3 N–H and O–H groups in total. The molecule has 0 amide bonds. The summed E-state index contributed by atoms with van der Waals surface area (Å²) in [6, 6.07) is 0.386. The summed E-state index contributed by atoms with van der Waals surface area (Å²) in [5.41, 5.74) is 5.71. The van der Waals surface area contributed by atoms with Gasteiger partial charge in [0.05, 0.1) is 6.10 Å².